The summed E-state index contributed by atoms with van der Waals surface area (Å²) in [6, 6.07) is 11.3. The highest BCUT2D eigenvalue weighted by Crippen LogP contribution is 2.50. The molecule has 1 aromatic carbocycles. The van der Waals surface area contributed by atoms with Crippen molar-refractivity contribution in [2.24, 2.45) is 11.1 Å². The molecule has 0 fully saturated rings. The number of allylic oxidation sites excluding steroid dienone is 3. The first-order valence-electron chi connectivity index (χ1n) is 9.09. The van der Waals surface area contributed by atoms with Gasteiger partial charge in [0.25, 0.3) is 0 Å². The highest BCUT2D eigenvalue weighted by molar-refractivity contribution is 7.15. The molecule has 1 aliphatic carbocycles. The molecular weight excluding hydrogens is 427 g/mol. The number of halogens is 2. The van der Waals surface area contributed by atoms with Crippen molar-refractivity contribution in [3.63, 3.8) is 0 Å². The highest BCUT2D eigenvalue weighted by Gasteiger charge is 2.43. The van der Waals surface area contributed by atoms with Gasteiger partial charge in [0.2, 0.25) is 5.88 Å². The van der Waals surface area contributed by atoms with Crippen molar-refractivity contribution in [3.05, 3.63) is 68.0 Å². The molecule has 0 unspecified atom stereocenters. The molecule has 0 spiro atoms. The van der Waals surface area contributed by atoms with Crippen LogP contribution in [-0.2, 0) is 9.53 Å². The molecule has 7 heteroatoms. The van der Waals surface area contributed by atoms with Gasteiger partial charge < -0.3 is 10.5 Å². The van der Waals surface area contributed by atoms with Gasteiger partial charge >= 0.3 is 0 Å². The number of Topliss-reactive ketones (excluding diaryl/α,β-unsaturated/α-hetero) is 1. The third-order valence-corrected chi connectivity index (χ3v) is 6.91. The second kappa shape index (κ2) is 7.21. The maximum absolute atomic E-state index is 13.0. The first-order valence-corrected chi connectivity index (χ1v) is 10.7. The van der Waals surface area contributed by atoms with Crippen LogP contribution in [0.4, 0.5) is 0 Å². The molecule has 2 N–H and O–H groups in total. The van der Waals surface area contributed by atoms with Gasteiger partial charge in [-0.05, 0) is 29.7 Å². The monoisotopic (exact) mass is 444 g/mol. The first-order chi connectivity index (χ1) is 13.7. The Kier molecular flexibility index (Phi) is 4.98. The quantitative estimate of drug-likeness (QED) is 0.600. The van der Waals surface area contributed by atoms with Gasteiger partial charge in [0.05, 0.1) is 10.9 Å². The molecule has 0 radical (unpaired) electrons. The molecule has 1 atom stereocenters. The topological polar surface area (TPSA) is 76.1 Å². The lowest BCUT2D eigenvalue weighted by atomic mass is 9.71. The van der Waals surface area contributed by atoms with Gasteiger partial charge in [-0.1, -0.05) is 43.1 Å². The molecule has 0 saturated carbocycles. The van der Waals surface area contributed by atoms with Crippen LogP contribution in [0.2, 0.25) is 10.0 Å². The van der Waals surface area contributed by atoms with E-state index in [1.54, 1.807) is 12.1 Å². The van der Waals surface area contributed by atoms with E-state index in [0.29, 0.717) is 34.2 Å². The summed E-state index contributed by atoms with van der Waals surface area (Å²) >= 11 is 13.8. The third kappa shape index (κ3) is 3.57. The Morgan fingerprint density at radius 2 is 2.00 bits per heavy atom. The summed E-state index contributed by atoms with van der Waals surface area (Å²) in [4.78, 5) is 14.8. The zero-order valence-electron chi connectivity index (χ0n) is 15.9. The molecule has 1 aromatic heterocycles. The van der Waals surface area contributed by atoms with Crippen molar-refractivity contribution in [1.29, 1.82) is 5.26 Å². The Morgan fingerprint density at radius 3 is 2.69 bits per heavy atom. The number of thiophene rings is 1. The summed E-state index contributed by atoms with van der Waals surface area (Å²) in [5, 5.41) is 10.8. The minimum absolute atomic E-state index is 0.000903. The Labute approximate surface area is 183 Å². The van der Waals surface area contributed by atoms with Crippen LogP contribution in [0.1, 0.15) is 37.5 Å². The van der Waals surface area contributed by atoms with E-state index in [-0.39, 0.29) is 22.7 Å². The normalized spacial score (nSPS) is 20.9. The van der Waals surface area contributed by atoms with Crippen LogP contribution < -0.4 is 5.73 Å². The molecular formula is C22H18Cl2N2O2S. The Hall–Kier alpha value is -2.26. The zero-order chi connectivity index (χ0) is 20.9. The third-order valence-electron chi connectivity index (χ3n) is 5.18. The smallest absolute Gasteiger partial charge is 0.205 e. The van der Waals surface area contributed by atoms with Gasteiger partial charge in [0.1, 0.15) is 17.4 Å². The Balaban J connectivity index is 1.83. The summed E-state index contributed by atoms with van der Waals surface area (Å²) in [6.45, 7) is 4.05. The molecule has 0 amide bonds. The number of rotatable bonds is 2. The number of nitrogens with two attached hydrogens (primary N) is 1. The molecule has 2 aromatic rings. The molecule has 4 nitrogen and oxygen atoms in total. The fraction of sp³-hybridized carbons (Fsp3) is 0.273. The van der Waals surface area contributed by atoms with Crippen molar-refractivity contribution in [1.82, 2.24) is 0 Å². The van der Waals surface area contributed by atoms with Crippen molar-refractivity contribution < 1.29 is 9.53 Å². The van der Waals surface area contributed by atoms with E-state index in [1.165, 1.54) is 11.3 Å². The maximum atomic E-state index is 13.0. The molecule has 2 aliphatic rings. The average molecular weight is 445 g/mol. The lowest BCUT2D eigenvalue weighted by molar-refractivity contribution is -0.119. The Bertz CT molecular complexity index is 1140. The highest BCUT2D eigenvalue weighted by atomic mass is 35.5. The van der Waals surface area contributed by atoms with E-state index in [9.17, 15) is 10.1 Å². The lowest BCUT2D eigenvalue weighted by Gasteiger charge is -2.36. The van der Waals surface area contributed by atoms with Crippen molar-refractivity contribution >= 4 is 40.3 Å². The minimum atomic E-state index is -0.517. The van der Waals surface area contributed by atoms with E-state index in [4.69, 9.17) is 33.7 Å². The van der Waals surface area contributed by atoms with E-state index in [1.807, 2.05) is 32.0 Å². The van der Waals surface area contributed by atoms with Crippen LogP contribution in [0.25, 0.3) is 10.4 Å². The number of nitrogens with zero attached hydrogens (tertiary/aromatic N) is 1. The van der Waals surface area contributed by atoms with E-state index in [0.717, 1.165) is 15.3 Å². The van der Waals surface area contributed by atoms with E-state index < -0.39 is 5.92 Å². The van der Waals surface area contributed by atoms with Gasteiger partial charge in [0.15, 0.2) is 5.78 Å². The van der Waals surface area contributed by atoms with Gasteiger partial charge in [-0.3, -0.25) is 4.79 Å². The molecule has 0 bridgehead atoms. The Morgan fingerprint density at radius 1 is 1.24 bits per heavy atom. The molecule has 1 aliphatic heterocycles. The van der Waals surface area contributed by atoms with Crippen LogP contribution in [0.3, 0.4) is 0 Å². The molecule has 0 saturated heterocycles. The van der Waals surface area contributed by atoms with Crippen molar-refractivity contribution in [2.45, 2.75) is 32.6 Å². The molecule has 29 heavy (non-hydrogen) atoms. The number of benzene rings is 1. The lowest BCUT2D eigenvalue weighted by Crippen LogP contribution is -2.33. The number of carbonyl (C=O) groups excluding carboxylic acids is 1. The number of ether oxygens (including phenoxy) is 1. The standard InChI is InChI=1S/C22H18Cl2N2O2S/c1-22(2)8-15(27)20-16(9-22)28-21(26)13(10-25)19(20)18-6-5-17(29-18)12-4-3-11(23)7-14(12)24/h3-7,19H,8-9,26H2,1-2H3/t19-/m1/s1. The second-order valence-corrected chi connectivity index (χ2v) is 9.99. The first kappa shape index (κ1) is 20.0. The largest absolute Gasteiger partial charge is 0.444 e. The number of hydrogen-bond acceptors (Lipinski definition) is 5. The number of hydrogen-bond donors (Lipinski definition) is 1. The van der Waals surface area contributed by atoms with E-state index in [2.05, 4.69) is 6.07 Å². The summed E-state index contributed by atoms with van der Waals surface area (Å²) in [7, 11) is 0. The second-order valence-electron chi connectivity index (χ2n) is 8.03. The van der Waals surface area contributed by atoms with Crippen LogP contribution >= 0.6 is 34.5 Å². The summed E-state index contributed by atoms with van der Waals surface area (Å²) < 4.78 is 5.74. The average Bonchev–Trinajstić information content (AvgIpc) is 3.08. The van der Waals surface area contributed by atoms with Gasteiger partial charge in [-0.2, -0.15) is 5.26 Å². The van der Waals surface area contributed by atoms with Gasteiger partial charge in [0, 0.05) is 38.8 Å². The maximum Gasteiger partial charge on any atom is 0.205 e. The number of carbonyl (C=O) groups is 1. The molecule has 4 rings (SSSR count). The van der Waals surface area contributed by atoms with Crippen LogP contribution in [0, 0.1) is 16.7 Å². The molecule has 2 heterocycles. The fourth-order valence-electron chi connectivity index (χ4n) is 3.91. The summed E-state index contributed by atoms with van der Waals surface area (Å²) in [6.07, 6.45) is 1.01. The zero-order valence-corrected chi connectivity index (χ0v) is 18.2. The summed E-state index contributed by atoms with van der Waals surface area (Å²) in [5.74, 6) is 0.131. The summed E-state index contributed by atoms with van der Waals surface area (Å²) in [5.41, 5.74) is 7.53. The van der Waals surface area contributed by atoms with Crippen LogP contribution in [-0.4, -0.2) is 5.78 Å². The van der Waals surface area contributed by atoms with Crippen LogP contribution in [0.5, 0.6) is 0 Å². The predicted octanol–water partition coefficient (Wildman–Crippen LogP) is 6.17. The number of ketones is 1. The minimum Gasteiger partial charge on any atom is -0.444 e. The van der Waals surface area contributed by atoms with Crippen molar-refractivity contribution in [2.75, 3.05) is 0 Å². The SMILES string of the molecule is CC1(C)CC(=O)C2=C(C1)OC(N)=C(C#N)[C@@H]2c1ccc(-c2ccc(Cl)cc2Cl)s1. The molecule has 148 valence electrons. The fourth-order valence-corrected chi connectivity index (χ4v) is 5.65. The number of nitriles is 1. The van der Waals surface area contributed by atoms with Gasteiger partial charge in [-0.15, -0.1) is 11.3 Å². The predicted molar refractivity (Wildman–Crippen MR) is 115 cm³/mol. The van der Waals surface area contributed by atoms with Crippen LogP contribution in [0.15, 0.2) is 53.1 Å². The van der Waals surface area contributed by atoms with Gasteiger partial charge in [-0.25, -0.2) is 0 Å². The van der Waals surface area contributed by atoms with E-state index >= 15 is 0 Å². The van der Waals surface area contributed by atoms with Crippen molar-refractivity contribution in [3.8, 4) is 16.5 Å².